The van der Waals surface area contributed by atoms with E-state index in [1.807, 2.05) is 24.3 Å². The highest BCUT2D eigenvalue weighted by molar-refractivity contribution is 6.53. The zero-order chi connectivity index (χ0) is 14.8. The maximum Gasteiger partial charge on any atom is 0.276 e. The van der Waals surface area contributed by atoms with Gasteiger partial charge in [-0.05, 0) is 18.2 Å². The molecule has 0 atom stereocenters. The van der Waals surface area contributed by atoms with Crippen molar-refractivity contribution in [1.29, 1.82) is 0 Å². The lowest BCUT2D eigenvalue weighted by Gasteiger charge is -1.97. The summed E-state index contributed by atoms with van der Waals surface area (Å²) in [6.07, 6.45) is 1.49. The van der Waals surface area contributed by atoms with Gasteiger partial charge < -0.3 is 5.32 Å². The van der Waals surface area contributed by atoms with Crippen LogP contribution in [0.25, 0.3) is 0 Å². The summed E-state index contributed by atoms with van der Waals surface area (Å²) in [7, 11) is 0. The molecule has 21 heavy (non-hydrogen) atoms. The number of halogens is 2. The van der Waals surface area contributed by atoms with Crippen LogP contribution in [0.3, 0.4) is 0 Å². The van der Waals surface area contributed by atoms with E-state index in [1.54, 1.807) is 18.2 Å². The van der Waals surface area contributed by atoms with Crippen molar-refractivity contribution in [3.8, 4) is 0 Å². The summed E-state index contributed by atoms with van der Waals surface area (Å²) in [5.41, 5.74) is 2.44. The molecule has 0 fully saturated rings. The van der Waals surface area contributed by atoms with Gasteiger partial charge in [0.15, 0.2) is 5.71 Å². The average molecular weight is 318 g/mol. The van der Waals surface area contributed by atoms with Crippen LogP contribution in [0.4, 0.5) is 5.69 Å². The zero-order valence-corrected chi connectivity index (χ0v) is 12.2. The van der Waals surface area contributed by atoms with Crippen molar-refractivity contribution in [2.45, 2.75) is 0 Å². The van der Waals surface area contributed by atoms with Crippen molar-refractivity contribution in [3.63, 3.8) is 0 Å². The van der Waals surface area contributed by atoms with E-state index in [9.17, 15) is 4.79 Å². The summed E-state index contributed by atoms with van der Waals surface area (Å²) < 4.78 is 0. The Bertz CT molecular complexity index is 784. The molecule has 104 valence electrons. The smallest absolute Gasteiger partial charge is 0.276 e. The summed E-state index contributed by atoms with van der Waals surface area (Å²) >= 11 is 11.9. The number of hydrogen-bond acceptors (Lipinski definition) is 3. The Balaban J connectivity index is 1.89. The first kappa shape index (κ1) is 13.8. The van der Waals surface area contributed by atoms with Gasteiger partial charge in [-0.2, -0.15) is 5.10 Å². The number of nitrogens with zero attached hydrogens (tertiary/aromatic N) is 2. The van der Waals surface area contributed by atoms with Gasteiger partial charge in [-0.3, -0.25) is 4.79 Å². The fraction of sp³-hybridized carbons (Fsp3) is 0. The first-order chi connectivity index (χ1) is 10.1. The van der Waals surface area contributed by atoms with Gasteiger partial charge in [-0.25, -0.2) is 0 Å². The van der Waals surface area contributed by atoms with Crippen LogP contribution < -0.4 is 5.32 Å². The monoisotopic (exact) mass is 317 g/mol. The van der Waals surface area contributed by atoms with Crippen molar-refractivity contribution >= 4 is 46.7 Å². The Morgan fingerprint density at radius 3 is 2.71 bits per heavy atom. The molecular formula is C15H9Cl2N3O. The number of amides is 1. The van der Waals surface area contributed by atoms with Crippen molar-refractivity contribution in [1.82, 2.24) is 0 Å². The minimum absolute atomic E-state index is 0.268. The van der Waals surface area contributed by atoms with Crippen molar-refractivity contribution in [2.24, 2.45) is 10.2 Å². The van der Waals surface area contributed by atoms with Crippen LogP contribution >= 0.6 is 23.2 Å². The second-order valence-electron chi connectivity index (χ2n) is 4.36. The molecule has 6 heteroatoms. The average Bonchev–Trinajstić information content (AvgIpc) is 2.77. The van der Waals surface area contributed by atoms with Gasteiger partial charge in [0.05, 0.1) is 16.9 Å². The van der Waals surface area contributed by atoms with E-state index < -0.39 is 0 Å². The predicted octanol–water partition coefficient (Wildman–Crippen LogP) is 3.77. The summed E-state index contributed by atoms with van der Waals surface area (Å²) in [6, 6.07) is 12.4. The Labute approximate surface area is 131 Å². The number of fused-ring (bicyclic) bond motifs is 1. The molecule has 0 radical (unpaired) electrons. The van der Waals surface area contributed by atoms with Gasteiger partial charge >= 0.3 is 0 Å². The van der Waals surface area contributed by atoms with E-state index in [4.69, 9.17) is 23.2 Å². The molecule has 1 aliphatic rings. The molecular weight excluding hydrogens is 309 g/mol. The molecule has 1 heterocycles. The van der Waals surface area contributed by atoms with E-state index in [2.05, 4.69) is 15.5 Å². The van der Waals surface area contributed by atoms with E-state index in [-0.39, 0.29) is 11.6 Å². The van der Waals surface area contributed by atoms with Crippen LogP contribution in [0.15, 0.2) is 52.7 Å². The maximum absolute atomic E-state index is 11.8. The second kappa shape index (κ2) is 5.68. The molecule has 0 bridgehead atoms. The van der Waals surface area contributed by atoms with E-state index in [1.165, 1.54) is 6.21 Å². The zero-order valence-electron chi connectivity index (χ0n) is 10.7. The Morgan fingerprint density at radius 2 is 1.90 bits per heavy atom. The lowest BCUT2D eigenvalue weighted by Crippen LogP contribution is -2.13. The van der Waals surface area contributed by atoms with Gasteiger partial charge in [-0.1, -0.05) is 47.5 Å². The third-order valence-corrected chi connectivity index (χ3v) is 3.52. The lowest BCUT2D eigenvalue weighted by molar-refractivity contribution is -0.110. The van der Waals surface area contributed by atoms with Gasteiger partial charge in [-0.15, -0.1) is 5.10 Å². The molecule has 1 N–H and O–H groups in total. The first-order valence-corrected chi connectivity index (χ1v) is 6.87. The minimum atomic E-state index is -0.268. The summed E-state index contributed by atoms with van der Waals surface area (Å²) in [6.45, 7) is 0. The number of carbonyl (C=O) groups is 1. The van der Waals surface area contributed by atoms with Crippen LogP contribution in [0.2, 0.25) is 10.0 Å². The van der Waals surface area contributed by atoms with Crippen molar-refractivity contribution < 1.29 is 4.79 Å². The molecule has 0 spiro atoms. The highest BCUT2D eigenvalue weighted by atomic mass is 35.5. The SMILES string of the molecule is O=C1Nc2ccccc2/C1=N/N=C\c1ccc(Cl)cc1Cl. The molecule has 1 amide bonds. The largest absolute Gasteiger partial charge is 0.320 e. The number of para-hydroxylation sites is 1. The van der Waals surface area contributed by atoms with Crippen molar-refractivity contribution in [3.05, 3.63) is 63.6 Å². The van der Waals surface area contributed by atoms with E-state index in [0.29, 0.717) is 15.6 Å². The molecule has 3 rings (SSSR count). The third-order valence-electron chi connectivity index (χ3n) is 2.96. The topological polar surface area (TPSA) is 53.8 Å². The summed E-state index contributed by atoms with van der Waals surface area (Å²) in [5, 5.41) is 11.7. The lowest BCUT2D eigenvalue weighted by atomic mass is 10.1. The molecule has 0 unspecified atom stereocenters. The quantitative estimate of drug-likeness (QED) is 0.665. The van der Waals surface area contributed by atoms with Crippen molar-refractivity contribution in [2.75, 3.05) is 5.32 Å². The summed E-state index contributed by atoms with van der Waals surface area (Å²) in [5.74, 6) is -0.268. The standard InChI is InChI=1S/C15H9Cl2N3O/c16-10-6-5-9(12(17)7-10)8-18-20-14-11-3-1-2-4-13(11)19-15(14)21/h1-8H,(H,19,20,21)/b18-8-. The molecule has 2 aromatic rings. The van der Waals surface area contributed by atoms with Gasteiger partial charge in [0.25, 0.3) is 5.91 Å². The van der Waals surface area contributed by atoms with Gasteiger partial charge in [0.2, 0.25) is 0 Å². The molecule has 0 saturated carbocycles. The number of benzene rings is 2. The number of carbonyl (C=O) groups excluding carboxylic acids is 1. The predicted molar refractivity (Wildman–Crippen MR) is 85.7 cm³/mol. The van der Waals surface area contributed by atoms with E-state index in [0.717, 1.165) is 11.3 Å². The highest BCUT2D eigenvalue weighted by Gasteiger charge is 2.25. The normalized spacial score (nSPS) is 15.5. The number of nitrogens with one attached hydrogen (secondary N) is 1. The third kappa shape index (κ3) is 2.82. The van der Waals surface area contributed by atoms with Crippen LogP contribution in [0.1, 0.15) is 11.1 Å². The molecule has 0 aliphatic carbocycles. The highest BCUT2D eigenvalue weighted by Crippen LogP contribution is 2.23. The molecule has 0 aromatic heterocycles. The number of rotatable bonds is 2. The van der Waals surface area contributed by atoms with Gasteiger partial charge in [0.1, 0.15) is 0 Å². The van der Waals surface area contributed by atoms with Crippen LogP contribution in [-0.2, 0) is 4.79 Å². The Morgan fingerprint density at radius 1 is 1.10 bits per heavy atom. The van der Waals surface area contributed by atoms with Crippen LogP contribution in [-0.4, -0.2) is 17.8 Å². The van der Waals surface area contributed by atoms with E-state index >= 15 is 0 Å². The Hall–Kier alpha value is -2.17. The minimum Gasteiger partial charge on any atom is -0.320 e. The molecule has 1 aliphatic heterocycles. The maximum atomic E-state index is 11.8. The number of hydrogen-bond donors (Lipinski definition) is 1. The first-order valence-electron chi connectivity index (χ1n) is 6.12. The van der Waals surface area contributed by atoms with Crippen LogP contribution in [0, 0.1) is 0 Å². The van der Waals surface area contributed by atoms with Gasteiger partial charge in [0, 0.05) is 16.1 Å². The molecule has 0 saturated heterocycles. The fourth-order valence-corrected chi connectivity index (χ4v) is 2.41. The fourth-order valence-electron chi connectivity index (χ4n) is 1.96. The molecule has 4 nitrogen and oxygen atoms in total. The number of anilines is 1. The molecule has 2 aromatic carbocycles. The Kier molecular flexibility index (Phi) is 3.73. The second-order valence-corrected chi connectivity index (χ2v) is 5.20. The van der Waals surface area contributed by atoms with Crippen LogP contribution in [0.5, 0.6) is 0 Å². The summed E-state index contributed by atoms with van der Waals surface area (Å²) in [4.78, 5) is 11.8.